The summed E-state index contributed by atoms with van der Waals surface area (Å²) < 4.78 is 32.9. The Morgan fingerprint density at radius 1 is 1.48 bits per heavy atom. The molecule has 3 rings (SSSR count). The van der Waals surface area contributed by atoms with Crippen molar-refractivity contribution < 1.29 is 13.5 Å². The third-order valence-electron chi connectivity index (χ3n) is 4.33. The molecular formula is C17H19ClF2N6O. The first-order chi connectivity index (χ1) is 12.6. The van der Waals surface area contributed by atoms with E-state index < -0.39 is 11.5 Å². The number of ether oxygens (including phenoxy) is 1. The van der Waals surface area contributed by atoms with Crippen LogP contribution in [0.5, 0.6) is 5.88 Å². The van der Waals surface area contributed by atoms with Crippen LogP contribution in [0.1, 0.15) is 32.4 Å². The summed E-state index contributed by atoms with van der Waals surface area (Å²) in [6.07, 6.45) is 2.69. The van der Waals surface area contributed by atoms with Crippen molar-refractivity contribution in [2.24, 2.45) is 5.92 Å². The largest absolute Gasteiger partial charge is 0.476 e. The number of anilines is 2. The molecular weight excluding hydrogens is 378 g/mol. The Hall–Kier alpha value is -2.47. The SMILES string of the molecule is Cc1nn(C(C)(C)C#N)cc1Nc1ncc(Cl)c(OCC2CC(F)(F)C2)n1. The predicted molar refractivity (Wildman–Crippen MR) is 95.4 cm³/mol. The number of halogens is 3. The lowest BCUT2D eigenvalue weighted by Crippen LogP contribution is -2.38. The zero-order valence-corrected chi connectivity index (χ0v) is 15.9. The third-order valence-corrected chi connectivity index (χ3v) is 4.59. The first-order valence-electron chi connectivity index (χ1n) is 8.38. The topological polar surface area (TPSA) is 88.7 Å². The van der Waals surface area contributed by atoms with Gasteiger partial charge in [0.25, 0.3) is 0 Å². The van der Waals surface area contributed by atoms with Crippen molar-refractivity contribution in [2.45, 2.75) is 45.1 Å². The summed E-state index contributed by atoms with van der Waals surface area (Å²) in [6.45, 7) is 5.41. The maximum absolute atomic E-state index is 12.9. The molecule has 0 amide bonds. The second-order valence-corrected chi connectivity index (χ2v) is 7.56. The van der Waals surface area contributed by atoms with Gasteiger partial charge in [-0.2, -0.15) is 15.3 Å². The molecule has 1 aliphatic rings. The van der Waals surface area contributed by atoms with E-state index in [0.717, 1.165) is 0 Å². The molecule has 1 fully saturated rings. The van der Waals surface area contributed by atoms with E-state index in [4.69, 9.17) is 16.3 Å². The fraction of sp³-hybridized carbons (Fsp3) is 0.529. The van der Waals surface area contributed by atoms with Crippen LogP contribution < -0.4 is 10.1 Å². The monoisotopic (exact) mass is 396 g/mol. The molecule has 1 saturated carbocycles. The molecule has 2 aromatic rings. The number of aromatic nitrogens is 4. The Labute approximate surface area is 160 Å². The fourth-order valence-electron chi connectivity index (χ4n) is 2.65. The highest BCUT2D eigenvalue weighted by atomic mass is 35.5. The van der Waals surface area contributed by atoms with Gasteiger partial charge in [0.05, 0.1) is 36.5 Å². The van der Waals surface area contributed by atoms with E-state index in [1.807, 2.05) is 0 Å². The van der Waals surface area contributed by atoms with Crippen molar-refractivity contribution in [3.8, 4) is 11.9 Å². The molecule has 1 aliphatic carbocycles. The molecule has 0 unspecified atom stereocenters. The van der Waals surface area contributed by atoms with Gasteiger partial charge in [-0.1, -0.05) is 11.6 Å². The summed E-state index contributed by atoms with van der Waals surface area (Å²) in [6, 6.07) is 2.17. The molecule has 0 radical (unpaired) electrons. The van der Waals surface area contributed by atoms with E-state index in [0.29, 0.717) is 11.4 Å². The number of hydrogen-bond donors (Lipinski definition) is 1. The summed E-state index contributed by atoms with van der Waals surface area (Å²) in [5.74, 6) is -2.45. The van der Waals surface area contributed by atoms with Crippen molar-refractivity contribution in [3.63, 3.8) is 0 Å². The Morgan fingerprint density at radius 2 is 2.19 bits per heavy atom. The smallest absolute Gasteiger partial charge is 0.248 e. The van der Waals surface area contributed by atoms with Crippen LogP contribution in [0.3, 0.4) is 0 Å². The maximum Gasteiger partial charge on any atom is 0.248 e. The zero-order valence-electron chi connectivity index (χ0n) is 15.1. The lowest BCUT2D eigenvalue weighted by Gasteiger charge is -2.34. The van der Waals surface area contributed by atoms with Gasteiger partial charge in [0.15, 0.2) is 0 Å². The Bertz CT molecular complexity index is 884. The quantitative estimate of drug-likeness (QED) is 0.792. The van der Waals surface area contributed by atoms with E-state index in [1.165, 1.54) is 6.20 Å². The van der Waals surface area contributed by atoms with Crippen molar-refractivity contribution in [2.75, 3.05) is 11.9 Å². The van der Waals surface area contributed by atoms with Crippen molar-refractivity contribution >= 4 is 23.2 Å². The van der Waals surface area contributed by atoms with Crippen LogP contribution in [0.4, 0.5) is 20.4 Å². The van der Waals surface area contributed by atoms with Crippen molar-refractivity contribution in [1.29, 1.82) is 5.26 Å². The summed E-state index contributed by atoms with van der Waals surface area (Å²) >= 11 is 6.04. The number of nitrogens with zero attached hydrogens (tertiary/aromatic N) is 5. The highest BCUT2D eigenvalue weighted by Crippen LogP contribution is 2.42. The van der Waals surface area contributed by atoms with Gasteiger partial charge in [0.2, 0.25) is 17.8 Å². The van der Waals surface area contributed by atoms with Crippen LogP contribution in [0.25, 0.3) is 0 Å². The van der Waals surface area contributed by atoms with E-state index in [9.17, 15) is 14.0 Å². The lowest BCUT2D eigenvalue weighted by molar-refractivity contribution is -0.119. The van der Waals surface area contributed by atoms with Crippen LogP contribution in [0.15, 0.2) is 12.4 Å². The minimum atomic E-state index is -2.59. The van der Waals surface area contributed by atoms with E-state index in [-0.39, 0.29) is 42.2 Å². The van der Waals surface area contributed by atoms with Crippen LogP contribution in [-0.2, 0) is 5.54 Å². The van der Waals surface area contributed by atoms with Crippen LogP contribution in [0.2, 0.25) is 5.02 Å². The highest BCUT2D eigenvalue weighted by molar-refractivity contribution is 6.31. The molecule has 2 heterocycles. The molecule has 0 bridgehead atoms. The van der Waals surface area contributed by atoms with Gasteiger partial charge in [-0.25, -0.2) is 13.8 Å². The average molecular weight is 397 g/mol. The number of rotatable bonds is 6. The maximum atomic E-state index is 12.9. The van der Waals surface area contributed by atoms with Crippen molar-refractivity contribution in [3.05, 3.63) is 23.1 Å². The molecule has 7 nitrogen and oxygen atoms in total. The summed E-state index contributed by atoms with van der Waals surface area (Å²) in [7, 11) is 0. The molecule has 144 valence electrons. The molecule has 0 saturated heterocycles. The first kappa shape index (κ1) is 19.3. The second-order valence-electron chi connectivity index (χ2n) is 7.16. The van der Waals surface area contributed by atoms with Crippen LogP contribution in [-0.4, -0.2) is 32.3 Å². The zero-order chi connectivity index (χ0) is 19.8. The summed E-state index contributed by atoms with van der Waals surface area (Å²) in [4.78, 5) is 8.30. The number of hydrogen-bond acceptors (Lipinski definition) is 6. The van der Waals surface area contributed by atoms with Crippen LogP contribution >= 0.6 is 11.6 Å². The molecule has 27 heavy (non-hydrogen) atoms. The van der Waals surface area contributed by atoms with E-state index in [1.54, 1.807) is 31.6 Å². The standard InChI is InChI=1S/C17H19ClF2N6O/c1-10-13(7-26(25-10)16(2,3)9-21)23-15-22-6-12(18)14(24-15)27-8-11-4-17(19,20)5-11/h6-7,11H,4-5,8H2,1-3H3,(H,22,23,24). The molecule has 0 aliphatic heterocycles. The number of nitriles is 1. The minimum Gasteiger partial charge on any atom is -0.476 e. The lowest BCUT2D eigenvalue weighted by atomic mass is 9.82. The molecule has 10 heteroatoms. The number of nitrogens with one attached hydrogen (secondary N) is 1. The first-order valence-corrected chi connectivity index (χ1v) is 8.75. The van der Waals surface area contributed by atoms with Gasteiger partial charge >= 0.3 is 0 Å². The van der Waals surface area contributed by atoms with Crippen LogP contribution in [0, 0.1) is 24.2 Å². The van der Waals surface area contributed by atoms with Gasteiger partial charge in [0.1, 0.15) is 10.6 Å². The molecule has 1 N–H and O–H groups in total. The summed E-state index contributed by atoms with van der Waals surface area (Å²) in [5.41, 5.74) is 0.492. The Balaban J connectivity index is 1.70. The third kappa shape index (κ3) is 4.27. The normalized spacial score (nSPS) is 16.5. The minimum absolute atomic E-state index is 0.124. The highest BCUT2D eigenvalue weighted by Gasteiger charge is 2.45. The van der Waals surface area contributed by atoms with Gasteiger partial charge in [-0.3, -0.25) is 4.68 Å². The summed E-state index contributed by atoms with van der Waals surface area (Å²) in [5, 5.41) is 16.8. The molecule has 2 aromatic heterocycles. The molecule has 0 aromatic carbocycles. The average Bonchev–Trinajstić information content (AvgIpc) is 2.95. The van der Waals surface area contributed by atoms with Crippen molar-refractivity contribution in [1.82, 2.24) is 19.7 Å². The second kappa shape index (κ2) is 6.93. The number of alkyl halides is 2. The Kier molecular flexibility index (Phi) is 4.95. The fourth-order valence-corrected chi connectivity index (χ4v) is 2.80. The van der Waals surface area contributed by atoms with Gasteiger partial charge in [0, 0.05) is 18.8 Å². The van der Waals surface area contributed by atoms with E-state index in [2.05, 4.69) is 26.5 Å². The van der Waals surface area contributed by atoms with Gasteiger partial charge < -0.3 is 10.1 Å². The molecule has 0 atom stereocenters. The van der Waals surface area contributed by atoms with Gasteiger partial charge in [-0.05, 0) is 20.8 Å². The molecule has 0 spiro atoms. The number of aryl methyl sites for hydroxylation is 1. The van der Waals surface area contributed by atoms with E-state index >= 15 is 0 Å². The Morgan fingerprint density at radius 3 is 2.81 bits per heavy atom. The van der Waals surface area contributed by atoms with Gasteiger partial charge in [-0.15, -0.1) is 0 Å². The predicted octanol–water partition coefficient (Wildman–Crippen LogP) is 4.06.